The molecular formula is C11H16N4O3S. The minimum absolute atomic E-state index is 0.0691. The van der Waals surface area contributed by atoms with Gasteiger partial charge in [-0.25, -0.2) is 13.6 Å². The fourth-order valence-corrected chi connectivity index (χ4v) is 2.75. The van der Waals surface area contributed by atoms with Gasteiger partial charge in [-0.05, 0) is 25.1 Å². The van der Waals surface area contributed by atoms with Crippen LogP contribution in [0.15, 0.2) is 23.1 Å². The average Bonchev–Trinajstić information content (AvgIpc) is 2.31. The second-order valence-electron chi connectivity index (χ2n) is 4.43. The van der Waals surface area contributed by atoms with E-state index < -0.39 is 10.0 Å². The number of hydrogen-bond acceptors (Lipinski definition) is 5. The molecule has 104 valence electrons. The lowest BCUT2D eigenvalue weighted by Crippen LogP contribution is -2.54. The molecule has 7 nitrogen and oxygen atoms in total. The molecule has 0 saturated carbocycles. The van der Waals surface area contributed by atoms with Crippen LogP contribution in [0, 0.1) is 0 Å². The molecule has 1 aliphatic heterocycles. The van der Waals surface area contributed by atoms with Crippen LogP contribution < -0.4 is 21.1 Å². The summed E-state index contributed by atoms with van der Waals surface area (Å²) >= 11 is 0. The second-order valence-corrected chi connectivity index (χ2v) is 5.96. The van der Waals surface area contributed by atoms with Gasteiger partial charge in [-0.3, -0.25) is 4.79 Å². The molecule has 19 heavy (non-hydrogen) atoms. The Morgan fingerprint density at radius 3 is 2.68 bits per heavy atom. The highest BCUT2D eigenvalue weighted by Crippen LogP contribution is 2.26. The Kier molecular flexibility index (Phi) is 3.38. The van der Waals surface area contributed by atoms with E-state index in [-0.39, 0.29) is 22.5 Å². The highest BCUT2D eigenvalue weighted by molar-refractivity contribution is 7.89. The summed E-state index contributed by atoms with van der Waals surface area (Å²) < 4.78 is 22.6. The third-order valence-electron chi connectivity index (χ3n) is 3.13. The van der Waals surface area contributed by atoms with Crippen LogP contribution in [0.25, 0.3) is 0 Å². The van der Waals surface area contributed by atoms with E-state index in [0.717, 1.165) is 0 Å². The van der Waals surface area contributed by atoms with Gasteiger partial charge in [0.05, 0.1) is 5.69 Å². The maximum absolute atomic E-state index is 11.6. The fraction of sp³-hybridized carbons (Fsp3) is 0.364. The first-order valence-electron chi connectivity index (χ1n) is 5.77. The smallest absolute Gasteiger partial charge is 0.242 e. The van der Waals surface area contributed by atoms with E-state index in [2.05, 4.69) is 5.32 Å². The molecular weight excluding hydrogens is 268 g/mol. The van der Waals surface area contributed by atoms with Crippen molar-refractivity contribution in [3.05, 3.63) is 18.2 Å². The van der Waals surface area contributed by atoms with Gasteiger partial charge in [0.15, 0.2) is 0 Å². The van der Waals surface area contributed by atoms with Crippen LogP contribution in [0.4, 0.5) is 11.4 Å². The molecule has 1 atom stereocenters. The zero-order chi connectivity index (χ0) is 14.2. The van der Waals surface area contributed by atoms with E-state index in [0.29, 0.717) is 18.8 Å². The monoisotopic (exact) mass is 284 g/mol. The topological polar surface area (TPSA) is 119 Å². The number of nitrogens with two attached hydrogens (primary N) is 2. The highest BCUT2D eigenvalue weighted by atomic mass is 32.2. The lowest BCUT2D eigenvalue weighted by Gasteiger charge is -2.34. The SMILES string of the molecule is CC1C(=O)NCCN1c1ccc(S(N)(=O)=O)c(N)c1. The molecule has 1 saturated heterocycles. The van der Waals surface area contributed by atoms with Crippen molar-refractivity contribution in [2.75, 3.05) is 23.7 Å². The van der Waals surface area contributed by atoms with Gasteiger partial charge in [0.1, 0.15) is 10.9 Å². The summed E-state index contributed by atoms with van der Waals surface area (Å²) in [6.07, 6.45) is 0. The summed E-state index contributed by atoms with van der Waals surface area (Å²) in [5, 5.41) is 7.80. The van der Waals surface area contributed by atoms with E-state index in [1.54, 1.807) is 13.0 Å². The van der Waals surface area contributed by atoms with Crippen LogP contribution >= 0.6 is 0 Å². The number of nitrogen functional groups attached to an aromatic ring is 1. The van der Waals surface area contributed by atoms with Crippen molar-refractivity contribution in [1.29, 1.82) is 0 Å². The van der Waals surface area contributed by atoms with Gasteiger partial charge in [0.25, 0.3) is 0 Å². The predicted octanol–water partition coefficient (Wildman–Crippen LogP) is -0.759. The molecule has 1 amide bonds. The third kappa shape index (κ3) is 2.64. The molecule has 5 N–H and O–H groups in total. The zero-order valence-corrected chi connectivity index (χ0v) is 11.3. The molecule has 0 spiro atoms. The van der Waals surface area contributed by atoms with Crippen LogP contribution in [0.5, 0.6) is 0 Å². The molecule has 8 heteroatoms. The number of anilines is 2. The van der Waals surface area contributed by atoms with Crippen LogP contribution in [0.3, 0.4) is 0 Å². The van der Waals surface area contributed by atoms with Crippen LogP contribution in [0.1, 0.15) is 6.92 Å². The summed E-state index contributed by atoms with van der Waals surface area (Å²) in [5.74, 6) is -0.0691. The quantitative estimate of drug-likeness (QED) is 0.617. The van der Waals surface area contributed by atoms with Gasteiger partial charge < -0.3 is 16.0 Å². The third-order valence-corrected chi connectivity index (χ3v) is 4.12. The Hall–Kier alpha value is -1.80. The Morgan fingerprint density at radius 2 is 2.11 bits per heavy atom. The molecule has 0 bridgehead atoms. The number of nitrogens with zero attached hydrogens (tertiary/aromatic N) is 1. The van der Waals surface area contributed by atoms with Gasteiger partial charge in [-0.1, -0.05) is 0 Å². The number of primary sulfonamides is 1. The molecule has 1 heterocycles. The molecule has 0 aromatic heterocycles. The van der Waals surface area contributed by atoms with Crippen LogP contribution in [-0.4, -0.2) is 33.5 Å². The number of benzene rings is 1. The summed E-state index contributed by atoms with van der Waals surface area (Å²) in [7, 11) is -3.83. The maximum Gasteiger partial charge on any atom is 0.242 e. The lowest BCUT2D eigenvalue weighted by atomic mass is 10.1. The first-order chi connectivity index (χ1) is 8.80. The number of carbonyl (C=O) groups is 1. The van der Waals surface area contributed by atoms with Gasteiger partial charge in [-0.15, -0.1) is 0 Å². The largest absolute Gasteiger partial charge is 0.398 e. The number of nitrogens with one attached hydrogen (secondary N) is 1. The molecule has 1 aromatic carbocycles. The fourth-order valence-electron chi connectivity index (χ4n) is 2.11. The van der Waals surface area contributed by atoms with E-state index in [4.69, 9.17) is 10.9 Å². The van der Waals surface area contributed by atoms with E-state index >= 15 is 0 Å². The van der Waals surface area contributed by atoms with Crippen LogP contribution in [0.2, 0.25) is 0 Å². The maximum atomic E-state index is 11.6. The number of rotatable bonds is 2. The Labute approximate surface area is 111 Å². The first-order valence-corrected chi connectivity index (χ1v) is 7.32. The van der Waals surface area contributed by atoms with Gasteiger partial charge >= 0.3 is 0 Å². The predicted molar refractivity (Wildman–Crippen MR) is 72.0 cm³/mol. The normalized spacial score (nSPS) is 20.2. The summed E-state index contributed by atoms with van der Waals surface area (Å²) in [6.45, 7) is 2.96. The molecule has 1 unspecified atom stereocenters. The Morgan fingerprint density at radius 1 is 1.42 bits per heavy atom. The van der Waals surface area contributed by atoms with Crippen molar-refractivity contribution in [1.82, 2.24) is 5.32 Å². The minimum atomic E-state index is -3.83. The summed E-state index contributed by atoms with van der Waals surface area (Å²) in [6, 6.07) is 4.16. The Balaban J connectivity index is 2.37. The van der Waals surface area contributed by atoms with Gasteiger partial charge in [0.2, 0.25) is 15.9 Å². The second kappa shape index (κ2) is 4.71. The van der Waals surface area contributed by atoms with Crippen molar-refractivity contribution >= 4 is 27.3 Å². The van der Waals surface area contributed by atoms with Crippen LogP contribution in [-0.2, 0) is 14.8 Å². The van der Waals surface area contributed by atoms with Crippen molar-refractivity contribution in [2.45, 2.75) is 17.9 Å². The molecule has 2 rings (SSSR count). The van der Waals surface area contributed by atoms with E-state index in [9.17, 15) is 13.2 Å². The number of carbonyl (C=O) groups excluding carboxylic acids is 1. The van der Waals surface area contributed by atoms with Gasteiger partial charge in [-0.2, -0.15) is 0 Å². The lowest BCUT2D eigenvalue weighted by molar-refractivity contribution is -0.122. The number of sulfonamides is 1. The van der Waals surface area contributed by atoms with E-state index in [1.165, 1.54) is 12.1 Å². The molecule has 0 radical (unpaired) electrons. The molecule has 0 aliphatic carbocycles. The number of amides is 1. The molecule has 1 aliphatic rings. The van der Waals surface area contributed by atoms with Crippen molar-refractivity contribution < 1.29 is 13.2 Å². The zero-order valence-electron chi connectivity index (χ0n) is 10.5. The molecule has 1 aromatic rings. The van der Waals surface area contributed by atoms with Crippen molar-refractivity contribution in [3.8, 4) is 0 Å². The average molecular weight is 284 g/mol. The standard InChI is InChI=1S/C11H16N4O3S/c1-7-11(16)14-4-5-15(7)8-2-3-10(9(12)6-8)19(13,17)18/h2-3,6-7H,4-5,12H2,1H3,(H,14,16)(H2,13,17,18). The summed E-state index contributed by atoms with van der Waals surface area (Å²) in [5.41, 5.74) is 6.49. The Bertz CT molecular complexity index is 614. The first kappa shape index (κ1) is 13.6. The number of piperazine rings is 1. The van der Waals surface area contributed by atoms with Crippen molar-refractivity contribution in [2.24, 2.45) is 5.14 Å². The highest BCUT2D eigenvalue weighted by Gasteiger charge is 2.26. The summed E-state index contributed by atoms with van der Waals surface area (Å²) in [4.78, 5) is 13.3. The van der Waals surface area contributed by atoms with Crippen molar-refractivity contribution in [3.63, 3.8) is 0 Å². The minimum Gasteiger partial charge on any atom is -0.398 e. The molecule has 1 fully saturated rings. The van der Waals surface area contributed by atoms with E-state index in [1.807, 2.05) is 4.90 Å². The van der Waals surface area contributed by atoms with Gasteiger partial charge in [0, 0.05) is 18.8 Å². The number of hydrogen-bond donors (Lipinski definition) is 3.